The fourth-order valence-electron chi connectivity index (χ4n) is 2.65. The topological polar surface area (TPSA) is 73.6 Å². The summed E-state index contributed by atoms with van der Waals surface area (Å²) in [5, 5.41) is 8.36. The van der Waals surface area contributed by atoms with Gasteiger partial charge in [0.25, 0.3) is 0 Å². The Morgan fingerprint density at radius 3 is 2.59 bits per heavy atom. The van der Waals surface area contributed by atoms with Gasteiger partial charge in [-0.05, 0) is 26.0 Å². The van der Waals surface area contributed by atoms with Gasteiger partial charge in [0.15, 0.2) is 5.78 Å². The summed E-state index contributed by atoms with van der Waals surface area (Å²) in [5.74, 6) is 2.30. The second kappa shape index (κ2) is 8.84. The minimum absolute atomic E-state index is 0. The second-order valence-electron chi connectivity index (χ2n) is 5.86. The summed E-state index contributed by atoms with van der Waals surface area (Å²) in [4.78, 5) is 14.7. The molecular weight excluding hydrogens is 524 g/mol. The fourth-order valence-corrected chi connectivity index (χ4v) is 2.65. The SMILES string of the molecule is CC(=O)C=C(C)O.Cn1c(-c2[c-]cc3c(c2)OCO3)nc2ccccc21.[Ir]. The number of ether oxygens (including phenoxy) is 2. The Hall–Kier alpha value is -2.63. The number of aliphatic hydroxyl groups excluding tert-OH is 1. The quantitative estimate of drug-likeness (QED) is 0.303. The Bertz CT molecular complexity index is 991. The zero-order valence-electron chi connectivity index (χ0n) is 15.1. The van der Waals surface area contributed by atoms with Crippen LogP contribution in [0.15, 0.2) is 48.2 Å². The summed E-state index contributed by atoms with van der Waals surface area (Å²) in [6.07, 6.45) is 1.17. The van der Waals surface area contributed by atoms with Crippen LogP contribution in [0.25, 0.3) is 22.4 Å². The molecule has 0 amide bonds. The zero-order valence-corrected chi connectivity index (χ0v) is 17.5. The van der Waals surface area contributed by atoms with Gasteiger partial charge in [-0.25, -0.2) is 0 Å². The molecule has 0 bridgehead atoms. The third-order valence-electron chi connectivity index (χ3n) is 3.75. The van der Waals surface area contributed by atoms with Crippen LogP contribution in [0.2, 0.25) is 0 Å². The predicted octanol–water partition coefficient (Wildman–Crippen LogP) is 3.80. The summed E-state index contributed by atoms with van der Waals surface area (Å²) in [6, 6.07) is 15.0. The van der Waals surface area contributed by atoms with Crippen molar-refractivity contribution in [2.75, 3.05) is 6.79 Å². The minimum atomic E-state index is -0.125. The van der Waals surface area contributed by atoms with E-state index in [9.17, 15) is 4.79 Å². The maximum atomic E-state index is 10.0. The molecule has 0 fully saturated rings. The molecule has 0 saturated carbocycles. The summed E-state index contributed by atoms with van der Waals surface area (Å²) in [7, 11) is 2.00. The second-order valence-corrected chi connectivity index (χ2v) is 5.86. The zero-order chi connectivity index (χ0) is 18.7. The van der Waals surface area contributed by atoms with Gasteiger partial charge >= 0.3 is 0 Å². The van der Waals surface area contributed by atoms with Gasteiger partial charge in [-0.2, -0.15) is 0 Å². The van der Waals surface area contributed by atoms with Crippen molar-refractivity contribution < 1.29 is 39.5 Å². The van der Waals surface area contributed by atoms with Crippen molar-refractivity contribution in [1.29, 1.82) is 0 Å². The molecule has 1 N–H and O–H groups in total. The van der Waals surface area contributed by atoms with E-state index in [0.717, 1.165) is 33.9 Å². The van der Waals surface area contributed by atoms with Crippen LogP contribution in [0.5, 0.6) is 11.5 Å². The number of nitrogens with zero attached hydrogens (tertiary/aromatic N) is 2. The van der Waals surface area contributed by atoms with Crippen LogP contribution in [0.4, 0.5) is 0 Å². The normalized spacial score (nSPS) is 12.2. The van der Waals surface area contributed by atoms with Crippen LogP contribution < -0.4 is 9.47 Å². The molecule has 2 aromatic carbocycles. The predicted molar refractivity (Wildman–Crippen MR) is 98.2 cm³/mol. The van der Waals surface area contributed by atoms with E-state index >= 15 is 0 Å². The number of rotatable bonds is 2. The van der Waals surface area contributed by atoms with Gasteiger partial charge in [0.2, 0.25) is 6.79 Å². The van der Waals surface area contributed by atoms with Gasteiger partial charge in [0, 0.05) is 33.2 Å². The molecule has 27 heavy (non-hydrogen) atoms. The van der Waals surface area contributed by atoms with Crippen LogP contribution in [-0.4, -0.2) is 27.2 Å². The van der Waals surface area contributed by atoms with Gasteiger partial charge in [0.05, 0.1) is 34.1 Å². The Kier molecular flexibility index (Phi) is 6.77. The van der Waals surface area contributed by atoms with E-state index in [-0.39, 0.29) is 38.4 Å². The Morgan fingerprint density at radius 2 is 1.96 bits per heavy atom. The number of benzene rings is 2. The van der Waals surface area contributed by atoms with Gasteiger partial charge < -0.3 is 19.1 Å². The molecule has 1 radical (unpaired) electrons. The monoisotopic (exact) mass is 544 g/mol. The number of ketones is 1. The maximum absolute atomic E-state index is 10.0. The summed E-state index contributed by atoms with van der Waals surface area (Å²) < 4.78 is 12.8. The molecule has 7 heteroatoms. The van der Waals surface area contributed by atoms with Crippen LogP contribution in [0, 0.1) is 6.07 Å². The van der Waals surface area contributed by atoms with Crippen molar-refractivity contribution >= 4 is 16.8 Å². The van der Waals surface area contributed by atoms with Crippen LogP contribution >= 0.6 is 0 Å². The first-order valence-electron chi connectivity index (χ1n) is 8.06. The summed E-state index contributed by atoms with van der Waals surface area (Å²) >= 11 is 0. The number of carbonyl (C=O) groups excluding carboxylic acids is 1. The van der Waals surface area contributed by atoms with Crippen molar-refractivity contribution in [1.82, 2.24) is 9.55 Å². The minimum Gasteiger partial charge on any atom is -0.512 e. The van der Waals surface area contributed by atoms with E-state index in [1.165, 1.54) is 19.9 Å². The number of hydrogen-bond donors (Lipinski definition) is 1. The number of fused-ring (bicyclic) bond motifs is 2. The molecule has 4 rings (SSSR count). The molecule has 0 unspecified atom stereocenters. The van der Waals surface area contributed by atoms with Crippen molar-refractivity contribution in [3.63, 3.8) is 0 Å². The summed E-state index contributed by atoms with van der Waals surface area (Å²) in [5.41, 5.74) is 2.98. The molecule has 0 spiro atoms. The first-order valence-corrected chi connectivity index (χ1v) is 8.06. The van der Waals surface area contributed by atoms with Gasteiger partial charge in [0.1, 0.15) is 0 Å². The number of imidazole rings is 1. The third-order valence-corrected chi connectivity index (χ3v) is 3.75. The number of carbonyl (C=O) groups is 1. The van der Waals surface area contributed by atoms with Crippen LogP contribution in [-0.2, 0) is 31.9 Å². The summed E-state index contributed by atoms with van der Waals surface area (Å²) in [6.45, 7) is 3.12. The number of aryl methyl sites for hydroxylation is 1. The molecule has 1 aliphatic heterocycles. The first-order chi connectivity index (χ1) is 12.5. The van der Waals surface area contributed by atoms with E-state index in [4.69, 9.17) is 14.6 Å². The molecule has 143 valence electrons. The number of aliphatic hydroxyl groups is 1. The maximum Gasteiger partial charge on any atom is 0.218 e. The van der Waals surface area contributed by atoms with E-state index in [1.54, 1.807) is 6.07 Å². The smallest absolute Gasteiger partial charge is 0.218 e. The first kappa shape index (κ1) is 20.7. The number of hydrogen-bond acceptors (Lipinski definition) is 5. The van der Waals surface area contributed by atoms with Gasteiger partial charge in [-0.3, -0.25) is 9.78 Å². The Morgan fingerprint density at radius 1 is 1.26 bits per heavy atom. The average molecular weight is 544 g/mol. The molecule has 0 saturated heterocycles. The van der Waals surface area contributed by atoms with Crippen LogP contribution in [0.1, 0.15) is 13.8 Å². The molecule has 0 atom stereocenters. The molecular formula is C20H19IrN2O4-. The molecule has 6 nitrogen and oxygen atoms in total. The van der Waals surface area contributed by atoms with E-state index in [2.05, 4.69) is 21.7 Å². The molecule has 1 aliphatic rings. The van der Waals surface area contributed by atoms with Gasteiger partial charge in [-0.15, -0.1) is 17.7 Å². The molecule has 1 aromatic heterocycles. The standard InChI is InChI=1S/C15H11N2O2.C5H8O2.Ir/c1-17-12-5-3-2-4-11(12)16-15(17)10-6-7-13-14(8-10)19-9-18-13;1-4(6)3-5(2)7;/h2-5,7-8H,9H2,1H3;3,6H,1-2H3;/q-1;;. The third kappa shape index (κ3) is 4.76. The van der Waals surface area contributed by atoms with E-state index in [1.807, 2.05) is 31.3 Å². The number of allylic oxidation sites excluding steroid dienone is 2. The largest absolute Gasteiger partial charge is 0.512 e. The van der Waals surface area contributed by atoms with E-state index in [0.29, 0.717) is 0 Å². The van der Waals surface area contributed by atoms with Crippen molar-refractivity contribution in [2.45, 2.75) is 13.8 Å². The van der Waals surface area contributed by atoms with Crippen LogP contribution in [0.3, 0.4) is 0 Å². The van der Waals surface area contributed by atoms with Crippen molar-refractivity contribution in [2.24, 2.45) is 7.05 Å². The number of para-hydroxylation sites is 2. The number of aromatic nitrogens is 2. The molecule has 0 aliphatic carbocycles. The van der Waals surface area contributed by atoms with Gasteiger partial charge in [-0.1, -0.05) is 18.2 Å². The van der Waals surface area contributed by atoms with E-state index < -0.39 is 0 Å². The molecule has 2 heterocycles. The van der Waals surface area contributed by atoms with Crippen molar-refractivity contribution in [3.8, 4) is 22.9 Å². The van der Waals surface area contributed by atoms with Crippen molar-refractivity contribution in [3.05, 3.63) is 54.3 Å². The molecule has 3 aromatic rings. The Balaban J connectivity index is 0.000000285. The average Bonchev–Trinajstić information content (AvgIpc) is 3.18. The Labute approximate surface area is 170 Å². The fraction of sp³-hybridized carbons (Fsp3) is 0.200.